The zero-order valence-electron chi connectivity index (χ0n) is 14.2. The molecule has 1 fully saturated rings. The first-order valence-electron chi connectivity index (χ1n) is 8.43. The van der Waals surface area contributed by atoms with Crippen LogP contribution in [0.25, 0.3) is 11.3 Å². The summed E-state index contributed by atoms with van der Waals surface area (Å²) in [6.07, 6.45) is 3.41. The van der Waals surface area contributed by atoms with Crippen molar-refractivity contribution in [1.29, 1.82) is 0 Å². The molecule has 0 radical (unpaired) electrons. The lowest BCUT2D eigenvalue weighted by molar-refractivity contribution is -0.00495. The number of likely N-dealkylation sites (tertiary alicyclic amines) is 1. The van der Waals surface area contributed by atoms with Crippen molar-refractivity contribution in [3.05, 3.63) is 59.7 Å². The molecule has 9 heteroatoms. The van der Waals surface area contributed by atoms with Crippen LogP contribution in [0.2, 0.25) is 0 Å². The molecular formula is C18H17ClF2N4O2. The van der Waals surface area contributed by atoms with Gasteiger partial charge in [-0.15, -0.1) is 17.5 Å². The lowest BCUT2D eigenvalue weighted by atomic mass is 10.1. The Kier molecular flexibility index (Phi) is 4.71. The van der Waals surface area contributed by atoms with Crippen molar-refractivity contribution in [3.8, 4) is 11.3 Å². The van der Waals surface area contributed by atoms with E-state index in [1.807, 2.05) is 10.7 Å². The fourth-order valence-corrected chi connectivity index (χ4v) is 3.79. The Bertz CT molecular complexity index is 947. The maximum Gasteiger partial charge on any atom is 0.135 e. The molecule has 0 amide bonds. The Balaban J connectivity index is 0.00000180. The van der Waals surface area contributed by atoms with Crippen LogP contribution in [0.3, 0.4) is 0 Å². The van der Waals surface area contributed by atoms with E-state index in [0.717, 1.165) is 37.0 Å². The van der Waals surface area contributed by atoms with E-state index in [1.165, 1.54) is 12.1 Å². The third kappa shape index (κ3) is 3.13. The van der Waals surface area contributed by atoms with Gasteiger partial charge in [0.15, 0.2) is 0 Å². The summed E-state index contributed by atoms with van der Waals surface area (Å²) in [6, 6.07) is 5.44. The summed E-state index contributed by atoms with van der Waals surface area (Å²) in [7, 11) is 0. The van der Waals surface area contributed by atoms with E-state index in [2.05, 4.69) is 15.2 Å². The Morgan fingerprint density at radius 1 is 1.19 bits per heavy atom. The van der Waals surface area contributed by atoms with Crippen LogP contribution in [0.15, 0.2) is 41.2 Å². The van der Waals surface area contributed by atoms with Crippen LogP contribution >= 0.6 is 12.4 Å². The highest BCUT2D eigenvalue weighted by Crippen LogP contribution is 2.35. The third-order valence-corrected chi connectivity index (χ3v) is 5.02. The van der Waals surface area contributed by atoms with Gasteiger partial charge in [0.05, 0.1) is 37.0 Å². The molecule has 2 aliphatic rings. The average Bonchev–Trinajstić information content (AvgIpc) is 3.33. The van der Waals surface area contributed by atoms with Gasteiger partial charge in [-0.2, -0.15) is 0 Å². The SMILES string of the molecule is Cl.Fc1ccc(-c2nnn3c2CO[C@@H]2CN(Cc4ccoc4)C[C@H]23)c(F)c1. The molecule has 0 bridgehead atoms. The van der Waals surface area contributed by atoms with Crippen LogP contribution in [0.5, 0.6) is 0 Å². The third-order valence-electron chi connectivity index (χ3n) is 5.02. The number of halogens is 3. The van der Waals surface area contributed by atoms with Gasteiger partial charge in [0.1, 0.15) is 17.3 Å². The largest absolute Gasteiger partial charge is 0.472 e. The predicted molar refractivity (Wildman–Crippen MR) is 94.2 cm³/mol. The molecule has 2 aliphatic heterocycles. The number of benzene rings is 1. The lowest BCUT2D eigenvalue weighted by Gasteiger charge is -2.26. The normalized spacial score (nSPS) is 21.6. The second kappa shape index (κ2) is 7.03. The number of hydrogen-bond acceptors (Lipinski definition) is 5. The van der Waals surface area contributed by atoms with Crippen LogP contribution in [-0.2, 0) is 17.9 Å². The summed E-state index contributed by atoms with van der Waals surface area (Å²) in [4.78, 5) is 2.27. The first-order chi connectivity index (χ1) is 12.7. The maximum absolute atomic E-state index is 14.2. The van der Waals surface area contributed by atoms with E-state index >= 15 is 0 Å². The molecule has 0 spiro atoms. The molecule has 142 valence electrons. The minimum absolute atomic E-state index is 0. The topological polar surface area (TPSA) is 56.3 Å². The van der Waals surface area contributed by atoms with Crippen molar-refractivity contribution >= 4 is 12.4 Å². The molecule has 0 saturated carbocycles. The zero-order chi connectivity index (χ0) is 17.7. The Morgan fingerprint density at radius 2 is 2.07 bits per heavy atom. The molecule has 4 heterocycles. The van der Waals surface area contributed by atoms with E-state index in [1.54, 1.807) is 12.5 Å². The Labute approximate surface area is 160 Å². The highest BCUT2D eigenvalue weighted by Gasteiger charge is 2.40. The molecule has 2 atom stereocenters. The highest BCUT2D eigenvalue weighted by atomic mass is 35.5. The first kappa shape index (κ1) is 18.1. The van der Waals surface area contributed by atoms with E-state index in [4.69, 9.17) is 9.15 Å². The fraction of sp³-hybridized carbons (Fsp3) is 0.333. The minimum Gasteiger partial charge on any atom is -0.472 e. The number of rotatable bonds is 3. The predicted octanol–water partition coefficient (Wildman–Crippen LogP) is 3.19. The van der Waals surface area contributed by atoms with Crippen molar-refractivity contribution < 1.29 is 17.9 Å². The first-order valence-corrected chi connectivity index (χ1v) is 8.43. The van der Waals surface area contributed by atoms with Crippen LogP contribution in [0, 0.1) is 11.6 Å². The molecular weight excluding hydrogens is 378 g/mol. The van der Waals surface area contributed by atoms with E-state index in [-0.39, 0.29) is 30.1 Å². The second-order valence-electron chi connectivity index (χ2n) is 6.70. The van der Waals surface area contributed by atoms with Gasteiger partial charge in [0, 0.05) is 36.8 Å². The number of furan rings is 1. The lowest BCUT2D eigenvalue weighted by Crippen LogP contribution is -2.32. The van der Waals surface area contributed by atoms with Gasteiger partial charge >= 0.3 is 0 Å². The molecule has 27 heavy (non-hydrogen) atoms. The quantitative estimate of drug-likeness (QED) is 0.683. The summed E-state index contributed by atoms with van der Waals surface area (Å²) in [6.45, 7) is 2.63. The van der Waals surface area contributed by atoms with Crippen molar-refractivity contribution in [3.63, 3.8) is 0 Å². The molecule has 1 saturated heterocycles. The van der Waals surface area contributed by atoms with Crippen LogP contribution in [-0.4, -0.2) is 39.1 Å². The maximum atomic E-state index is 14.2. The second-order valence-corrected chi connectivity index (χ2v) is 6.70. The molecule has 1 aromatic carbocycles. The summed E-state index contributed by atoms with van der Waals surface area (Å²) in [5.74, 6) is -1.27. The standard InChI is InChI=1S/C18H16F2N4O2.ClH/c19-12-1-2-13(14(20)5-12)18-16-10-26-17-8-23(6-11-3-4-25-9-11)7-15(17)24(16)22-21-18;/h1-5,9,15,17H,6-8,10H2;1H/t15-,17-;/m1./s1. The van der Waals surface area contributed by atoms with Crippen molar-refractivity contribution in [1.82, 2.24) is 19.9 Å². The monoisotopic (exact) mass is 394 g/mol. The van der Waals surface area contributed by atoms with Gasteiger partial charge in [-0.05, 0) is 18.2 Å². The molecule has 0 N–H and O–H groups in total. The van der Waals surface area contributed by atoms with E-state index in [0.29, 0.717) is 12.3 Å². The minimum atomic E-state index is -0.650. The van der Waals surface area contributed by atoms with E-state index in [9.17, 15) is 8.78 Å². The van der Waals surface area contributed by atoms with Gasteiger partial charge in [-0.25, -0.2) is 13.5 Å². The van der Waals surface area contributed by atoms with Crippen LogP contribution in [0.4, 0.5) is 8.78 Å². The Morgan fingerprint density at radius 3 is 2.85 bits per heavy atom. The van der Waals surface area contributed by atoms with E-state index < -0.39 is 11.6 Å². The molecule has 2 aromatic heterocycles. The van der Waals surface area contributed by atoms with Crippen molar-refractivity contribution in [2.45, 2.75) is 25.3 Å². The molecule has 5 rings (SSSR count). The Hall–Kier alpha value is -2.29. The summed E-state index contributed by atoms with van der Waals surface area (Å²) >= 11 is 0. The van der Waals surface area contributed by atoms with Gasteiger partial charge < -0.3 is 9.15 Å². The van der Waals surface area contributed by atoms with Gasteiger partial charge in [0.2, 0.25) is 0 Å². The number of aromatic nitrogens is 3. The highest BCUT2D eigenvalue weighted by molar-refractivity contribution is 5.85. The summed E-state index contributed by atoms with van der Waals surface area (Å²) < 4.78 is 40.3. The molecule has 0 aliphatic carbocycles. The summed E-state index contributed by atoms with van der Waals surface area (Å²) in [5, 5.41) is 8.41. The number of fused-ring (bicyclic) bond motifs is 3. The average molecular weight is 395 g/mol. The molecule has 0 unspecified atom stereocenters. The van der Waals surface area contributed by atoms with Crippen LogP contribution in [0.1, 0.15) is 17.3 Å². The number of nitrogens with zero attached hydrogens (tertiary/aromatic N) is 4. The molecule has 6 nitrogen and oxygen atoms in total. The molecule has 3 aromatic rings. The van der Waals surface area contributed by atoms with Gasteiger partial charge in [0.25, 0.3) is 0 Å². The van der Waals surface area contributed by atoms with Crippen LogP contribution < -0.4 is 0 Å². The van der Waals surface area contributed by atoms with Crippen molar-refractivity contribution in [2.75, 3.05) is 13.1 Å². The summed E-state index contributed by atoms with van der Waals surface area (Å²) in [5.41, 5.74) is 2.48. The number of hydrogen-bond donors (Lipinski definition) is 0. The number of ether oxygens (including phenoxy) is 1. The van der Waals surface area contributed by atoms with Gasteiger partial charge in [-0.3, -0.25) is 4.90 Å². The van der Waals surface area contributed by atoms with Gasteiger partial charge in [-0.1, -0.05) is 5.21 Å². The zero-order valence-corrected chi connectivity index (χ0v) is 15.0. The smallest absolute Gasteiger partial charge is 0.135 e. The fourth-order valence-electron chi connectivity index (χ4n) is 3.79. The van der Waals surface area contributed by atoms with Crippen molar-refractivity contribution in [2.24, 2.45) is 0 Å².